The van der Waals surface area contributed by atoms with Crippen molar-refractivity contribution in [1.82, 2.24) is 4.90 Å². The number of alkyl halides is 1. The summed E-state index contributed by atoms with van der Waals surface area (Å²) < 4.78 is 0. The fraction of sp³-hybridized carbons (Fsp3) is 0.462. The van der Waals surface area contributed by atoms with E-state index in [1.807, 2.05) is 6.92 Å². The third kappa shape index (κ3) is 2.38. The summed E-state index contributed by atoms with van der Waals surface area (Å²) >= 11 is 6.11. The van der Waals surface area contributed by atoms with Crippen molar-refractivity contribution in [1.29, 1.82) is 0 Å². The number of piperidine rings is 1. The predicted molar refractivity (Wildman–Crippen MR) is 69.1 cm³/mol. The standard InChI is InChI=1S/C13H16ClNO3/c1-8-7-15(6-5-9(8)14)13(18)12-10(16)3-2-4-11(12)17/h2-4,8-9,16-17H,5-7H2,1H3. The van der Waals surface area contributed by atoms with Gasteiger partial charge in [-0.05, 0) is 24.5 Å². The number of halogens is 1. The summed E-state index contributed by atoms with van der Waals surface area (Å²) in [6.45, 7) is 3.08. The molecular weight excluding hydrogens is 254 g/mol. The second-order valence-electron chi connectivity index (χ2n) is 4.70. The Morgan fingerprint density at radius 2 is 2.00 bits per heavy atom. The molecule has 1 fully saturated rings. The van der Waals surface area contributed by atoms with Crippen molar-refractivity contribution in [2.24, 2.45) is 5.92 Å². The van der Waals surface area contributed by atoms with Gasteiger partial charge in [-0.15, -0.1) is 11.6 Å². The van der Waals surface area contributed by atoms with Crippen molar-refractivity contribution < 1.29 is 15.0 Å². The van der Waals surface area contributed by atoms with Crippen molar-refractivity contribution in [2.75, 3.05) is 13.1 Å². The Hall–Kier alpha value is -1.42. The lowest BCUT2D eigenvalue weighted by molar-refractivity contribution is 0.0680. The second kappa shape index (κ2) is 5.06. The van der Waals surface area contributed by atoms with Crippen molar-refractivity contribution in [3.63, 3.8) is 0 Å². The molecular formula is C13H16ClNO3. The zero-order valence-electron chi connectivity index (χ0n) is 10.1. The van der Waals surface area contributed by atoms with Gasteiger partial charge in [0.25, 0.3) is 5.91 Å². The SMILES string of the molecule is CC1CN(C(=O)c2c(O)cccc2O)CCC1Cl. The number of phenols is 2. The highest BCUT2D eigenvalue weighted by molar-refractivity contribution is 6.20. The quantitative estimate of drug-likeness (QED) is 0.769. The molecule has 1 heterocycles. The number of phenolic OH excluding ortho intramolecular Hbond substituents is 2. The molecule has 1 aromatic rings. The minimum atomic E-state index is -0.346. The zero-order valence-corrected chi connectivity index (χ0v) is 10.9. The molecule has 0 bridgehead atoms. The molecule has 2 atom stereocenters. The average molecular weight is 270 g/mol. The molecule has 1 saturated heterocycles. The molecule has 0 spiro atoms. The van der Waals surface area contributed by atoms with E-state index in [4.69, 9.17) is 11.6 Å². The van der Waals surface area contributed by atoms with Crippen LogP contribution in [0.15, 0.2) is 18.2 Å². The van der Waals surface area contributed by atoms with E-state index in [-0.39, 0.29) is 34.3 Å². The molecule has 4 nitrogen and oxygen atoms in total. The molecule has 0 aromatic heterocycles. The van der Waals surface area contributed by atoms with Crippen LogP contribution in [-0.2, 0) is 0 Å². The van der Waals surface area contributed by atoms with Crippen LogP contribution in [-0.4, -0.2) is 39.5 Å². The van der Waals surface area contributed by atoms with E-state index < -0.39 is 0 Å². The Bertz CT molecular complexity index is 443. The molecule has 1 aliphatic rings. The first-order valence-electron chi connectivity index (χ1n) is 5.95. The Balaban J connectivity index is 2.22. The molecule has 1 aromatic carbocycles. The van der Waals surface area contributed by atoms with Crippen molar-refractivity contribution in [3.05, 3.63) is 23.8 Å². The third-order valence-electron chi connectivity index (χ3n) is 3.32. The van der Waals surface area contributed by atoms with Crippen LogP contribution in [0.4, 0.5) is 0 Å². The first-order chi connectivity index (χ1) is 8.50. The third-order valence-corrected chi connectivity index (χ3v) is 3.97. The number of carbonyl (C=O) groups is 1. The molecule has 2 rings (SSSR count). The summed E-state index contributed by atoms with van der Waals surface area (Å²) in [5, 5.41) is 19.4. The molecule has 0 saturated carbocycles. The highest BCUT2D eigenvalue weighted by atomic mass is 35.5. The Labute approximate surface area is 111 Å². The number of carbonyl (C=O) groups excluding carboxylic acids is 1. The lowest BCUT2D eigenvalue weighted by atomic mass is 9.98. The van der Waals surface area contributed by atoms with Crippen LogP contribution in [0.1, 0.15) is 23.7 Å². The lowest BCUT2D eigenvalue weighted by Crippen LogP contribution is -2.43. The molecule has 98 valence electrons. The van der Waals surface area contributed by atoms with Gasteiger partial charge in [-0.2, -0.15) is 0 Å². The summed E-state index contributed by atoms with van der Waals surface area (Å²) in [5.41, 5.74) is -0.0299. The van der Waals surface area contributed by atoms with Crippen LogP contribution in [0.25, 0.3) is 0 Å². The van der Waals surface area contributed by atoms with Gasteiger partial charge in [-0.3, -0.25) is 4.79 Å². The van der Waals surface area contributed by atoms with Gasteiger partial charge in [-0.25, -0.2) is 0 Å². The maximum Gasteiger partial charge on any atom is 0.261 e. The largest absolute Gasteiger partial charge is 0.507 e. The average Bonchev–Trinajstić information content (AvgIpc) is 2.32. The summed E-state index contributed by atoms with van der Waals surface area (Å²) in [5.74, 6) is -0.528. The normalized spacial score (nSPS) is 24.0. The molecule has 1 amide bonds. The van der Waals surface area contributed by atoms with Gasteiger partial charge in [-0.1, -0.05) is 13.0 Å². The molecule has 5 heteroatoms. The number of nitrogens with zero attached hydrogens (tertiary/aromatic N) is 1. The number of aromatic hydroxyl groups is 2. The van der Waals surface area contributed by atoms with Crippen LogP contribution in [0.3, 0.4) is 0 Å². The maximum atomic E-state index is 12.3. The number of hydrogen-bond acceptors (Lipinski definition) is 3. The van der Waals surface area contributed by atoms with Crippen LogP contribution in [0.2, 0.25) is 0 Å². The number of rotatable bonds is 1. The minimum absolute atomic E-state index is 0.0299. The van der Waals surface area contributed by atoms with Gasteiger partial charge in [0.05, 0.1) is 0 Å². The van der Waals surface area contributed by atoms with Crippen molar-refractivity contribution in [3.8, 4) is 11.5 Å². The van der Waals surface area contributed by atoms with Gasteiger partial charge >= 0.3 is 0 Å². The van der Waals surface area contributed by atoms with E-state index >= 15 is 0 Å². The number of hydrogen-bond donors (Lipinski definition) is 2. The number of amides is 1. The Morgan fingerprint density at radius 3 is 2.56 bits per heavy atom. The van der Waals surface area contributed by atoms with Crippen LogP contribution in [0, 0.1) is 5.92 Å². The number of likely N-dealkylation sites (tertiary alicyclic amines) is 1. The predicted octanol–water partition coefficient (Wildman–Crippen LogP) is 2.19. The van der Waals surface area contributed by atoms with Gasteiger partial charge in [0.1, 0.15) is 17.1 Å². The van der Waals surface area contributed by atoms with Gasteiger partial charge in [0.2, 0.25) is 0 Å². The van der Waals surface area contributed by atoms with Crippen molar-refractivity contribution in [2.45, 2.75) is 18.7 Å². The monoisotopic (exact) mass is 269 g/mol. The zero-order chi connectivity index (χ0) is 13.3. The molecule has 1 aliphatic heterocycles. The highest BCUT2D eigenvalue weighted by Gasteiger charge is 2.30. The molecule has 0 aliphatic carbocycles. The van der Waals surface area contributed by atoms with E-state index in [0.717, 1.165) is 6.42 Å². The van der Waals surface area contributed by atoms with E-state index in [9.17, 15) is 15.0 Å². The summed E-state index contributed by atoms with van der Waals surface area (Å²) in [4.78, 5) is 13.9. The second-order valence-corrected chi connectivity index (χ2v) is 5.26. The van der Waals surface area contributed by atoms with Crippen LogP contribution >= 0.6 is 11.6 Å². The molecule has 18 heavy (non-hydrogen) atoms. The first-order valence-corrected chi connectivity index (χ1v) is 6.38. The highest BCUT2D eigenvalue weighted by Crippen LogP contribution is 2.30. The summed E-state index contributed by atoms with van der Waals surface area (Å²) in [7, 11) is 0. The summed E-state index contributed by atoms with van der Waals surface area (Å²) in [6, 6.07) is 4.28. The van der Waals surface area contributed by atoms with E-state index in [0.29, 0.717) is 13.1 Å². The smallest absolute Gasteiger partial charge is 0.261 e. The van der Waals surface area contributed by atoms with Gasteiger partial charge in [0.15, 0.2) is 0 Å². The van der Waals surface area contributed by atoms with E-state index in [1.54, 1.807) is 4.90 Å². The van der Waals surface area contributed by atoms with Crippen molar-refractivity contribution >= 4 is 17.5 Å². The van der Waals surface area contributed by atoms with Gasteiger partial charge in [0, 0.05) is 18.5 Å². The van der Waals surface area contributed by atoms with Gasteiger partial charge < -0.3 is 15.1 Å². The van der Waals surface area contributed by atoms with Crippen LogP contribution < -0.4 is 0 Å². The van der Waals surface area contributed by atoms with E-state index in [2.05, 4.69) is 0 Å². The topological polar surface area (TPSA) is 60.8 Å². The fourth-order valence-electron chi connectivity index (χ4n) is 2.21. The lowest BCUT2D eigenvalue weighted by Gasteiger charge is -2.34. The fourth-order valence-corrected chi connectivity index (χ4v) is 2.38. The first kappa shape index (κ1) is 13.0. The molecule has 2 N–H and O–H groups in total. The maximum absolute atomic E-state index is 12.3. The molecule has 0 radical (unpaired) electrons. The van der Waals surface area contributed by atoms with E-state index in [1.165, 1.54) is 18.2 Å². The van der Waals surface area contributed by atoms with Crippen LogP contribution in [0.5, 0.6) is 11.5 Å². The number of benzene rings is 1. The minimum Gasteiger partial charge on any atom is -0.507 e. The Morgan fingerprint density at radius 1 is 1.39 bits per heavy atom. The Kier molecular flexibility index (Phi) is 3.66. The summed E-state index contributed by atoms with van der Waals surface area (Å²) in [6.07, 6.45) is 0.725. The molecule has 2 unspecified atom stereocenters.